The van der Waals surface area contributed by atoms with Crippen LogP contribution in [-0.2, 0) is 28.6 Å². The highest BCUT2D eigenvalue weighted by molar-refractivity contribution is 5.71. The molecule has 0 saturated heterocycles. The van der Waals surface area contributed by atoms with E-state index >= 15 is 0 Å². The summed E-state index contributed by atoms with van der Waals surface area (Å²) in [5.74, 6) is -0.954. The highest BCUT2D eigenvalue weighted by atomic mass is 16.6. The molecule has 1 atom stereocenters. The maximum atomic E-state index is 12.9. The van der Waals surface area contributed by atoms with Crippen molar-refractivity contribution < 1.29 is 28.6 Å². The van der Waals surface area contributed by atoms with Crippen LogP contribution in [0.3, 0.4) is 0 Å². The van der Waals surface area contributed by atoms with Crippen LogP contribution < -0.4 is 0 Å². The molecule has 6 heteroatoms. The van der Waals surface area contributed by atoms with Crippen molar-refractivity contribution in [1.82, 2.24) is 0 Å². The third kappa shape index (κ3) is 63.9. The normalized spacial score (nSPS) is 13.2. The first kappa shape index (κ1) is 75.0. The summed E-state index contributed by atoms with van der Waals surface area (Å²) in [7, 11) is 0. The minimum absolute atomic E-state index is 0.101. The first-order valence-corrected chi connectivity index (χ1v) is 32.5. The molecule has 0 aliphatic heterocycles. The second kappa shape index (κ2) is 66.5. The highest BCUT2D eigenvalue weighted by Crippen LogP contribution is 2.13. The zero-order valence-corrected chi connectivity index (χ0v) is 51.5. The van der Waals surface area contributed by atoms with Gasteiger partial charge in [0.15, 0.2) is 6.10 Å². The smallest absolute Gasteiger partial charge is 0.306 e. The van der Waals surface area contributed by atoms with E-state index in [2.05, 4.69) is 179 Å². The van der Waals surface area contributed by atoms with Crippen molar-refractivity contribution in [2.45, 2.75) is 277 Å². The number of hydrogen-bond acceptors (Lipinski definition) is 6. The molecule has 450 valence electrons. The number of unbranched alkanes of at least 4 members (excludes halogenated alkanes) is 20. The summed E-state index contributed by atoms with van der Waals surface area (Å²) in [5, 5.41) is 0. The summed E-state index contributed by atoms with van der Waals surface area (Å²) in [4.78, 5) is 38.2. The molecule has 0 spiro atoms. The highest BCUT2D eigenvalue weighted by Gasteiger charge is 2.19. The van der Waals surface area contributed by atoms with E-state index in [0.29, 0.717) is 19.3 Å². The fourth-order valence-electron chi connectivity index (χ4n) is 8.36. The Labute approximate surface area is 492 Å². The van der Waals surface area contributed by atoms with Gasteiger partial charge in [0.2, 0.25) is 0 Å². The largest absolute Gasteiger partial charge is 0.462 e. The molecule has 80 heavy (non-hydrogen) atoms. The van der Waals surface area contributed by atoms with Crippen molar-refractivity contribution in [3.8, 4) is 0 Å². The standard InChI is InChI=1S/C74H118O6/c1-4-7-10-13-16-19-22-24-26-28-29-30-31-32-33-34-35-36-37-38-39-40-41-42-43-44-45-46-48-49-52-55-58-61-64-67-73(76)79-70-71(69-78-72(75)66-63-60-57-54-51-21-18-15-12-9-6-3)80-74(77)68-65-62-59-56-53-50-47-27-25-23-20-17-14-11-8-5-2/h7,10,15-16,18-20,23-24,26-27,29-30,32-33,35-36,38-39,41-42,44-45,47-49,71H,4-6,8-9,11-14,17,21-22,25,28,31,34,37,40,43,46,50-70H2,1-3H3/b10-7-,18-15-,19-16-,23-20-,26-24-,30-29-,33-32-,36-35-,39-38-,42-41-,45-44-,47-27-,49-48-. The average Bonchev–Trinajstić information content (AvgIpc) is 3.46. The Morgan fingerprint density at radius 3 is 0.812 bits per heavy atom. The van der Waals surface area contributed by atoms with Crippen LogP contribution in [0.15, 0.2) is 158 Å². The van der Waals surface area contributed by atoms with Gasteiger partial charge in [-0.15, -0.1) is 0 Å². The number of ether oxygens (including phenoxy) is 3. The predicted octanol–water partition coefficient (Wildman–Crippen LogP) is 22.5. The van der Waals surface area contributed by atoms with Crippen molar-refractivity contribution in [2.75, 3.05) is 13.2 Å². The molecule has 0 aliphatic carbocycles. The quantitative estimate of drug-likeness (QED) is 0.0261. The van der Waals surface area contributed by atoms with E-state index in [-0.39, 0.29) is 31.1 Å². The van der Waals surface area contributed by atoms with Crippen molar-refractivity contribution >= 4 is 17.9 Å². The molecule has 0 bridgehead atoms. The van der Waals surface area contributed by atoms with E-state index in [1.54, 1.807) is 0 Å². The molecule has 0 radical (unpaired) electrons. The Hall–Kier alpha value is -4.97. The molecular weight excluding hydrogens is 985 g/mol. The number of hydrogen-bond donors (Lipinski definition) is 0. The predicted molar refractivity (Wildman–Crippen MR) is 348 cm³/mol. The van der Waals surface area contributed by atoms with Gasteiger partial charge < -0.3 is 14.2 Å². The molecule has 0 aromatic rings. The lowest BCUT2D eigenvalue weighted by molar-refractivity contribution is -0.167. The van der Waals surface area contributed by atoms with E-state index in [9.17, 15) is 14.4 Å². The van der Waals surface area contributed by atoms with E-state index in [1.165, 1.54) is 57.8 Å². The van der Waals surface area contributed by atoms with Crippen molar-refractivity contribution in [3.63, 3.8) is 0 Å². The summed E-state index contributed by atoms with van der Waals surface area (Å²) in [6.45, 7) is 6.42. The van der Waals surface area contributed by atoms with Crippen LogP contribution in [0, 0.1) is 0 Å². The van der Waals surface area contributed by atoms with Gasteiger partial charge in [-0.2, -0.15) is 0 Å². The molecule has 0 heterocycles. The maximum absolute atomic E-state index is 12.9. The third-order valence-corrected chi connectivity index (χ3v) is 13.2. The van der Waals surface area contributed by atoms with E-state index in [0.717, 1.165) is 173 Å². The Morgan fingerprint density at radius 2 is 0.500 bits per heavy atom. The van der Waals surface area contributed by atoms with E-state index in [1.807, 2.05) is 0 Å². The molecule has 0 aliphatic rings. The van der Waals surface area contributed by atoms with Crippen molar-refractivity contribution in [3.05, 3.63) is 158 Å². The van der Waals surface area contributed by atoms with Gasteiger partial charge in [-0.25, -0.2) is 0 Å². The SMILES string of the molecule is CC/C=C\C/C=C\C/C=C\C/C=C\C/C=C\C/C=C\C/C=C\C/C=C\C/C=C\C/C=C\CCCCCCC(=O)OCC(COC(=O)CCCCCCC/C=C\CCCC)OC(=O)CCCCCCC/C=C\C/C=C\CCCCCC. The van der Waals surface area contributed by atoms with Crippen molar-refractivity contribution in [2.24, 2.45) is 0 Å². The Bertz CT molecular complexity index is 1790. The molecule has 0 aromatic carbocycles. The first-order chi connectivity index (χ1) is 39.5. The zero-order chi connectivity index (χ0) is 57.8. The molecular formula is C74H118O6. The number of allylic oxidation sites excluding steroid dienone is 26. The molecule has 0 saturated carbocycles. The van der Waals surface area contributed by atoms with Gasteiger partial charge in [-0.3, -0.25) is 14.4 Å². The van der Waals surface area contributed by atoms with Gasteiger partial charge in [0.1, 0.15) is 13.2 Å². The molecule has 1 unspecified atom stereocenters. The van der Waals surface area contributed by atoms with Crippen LogP contribution in [0.5, 0.6) is 0 Å². The maximum Gasteiger partial charge on any atom is 0.306 e. The van der Waals surface area contributed by atoms with Crippen LogP contribution in [-0.4, -0.2) is 37.2 Å². The number of rotatable bonds is 57. The van der Waals surface area contributed by atoms with Gasteiger partial charge in [0.05, 0.1) is 0 Å². The minimum Gasteiger partial charge on any atom is -0.462 e. The summed E-state index contributed by atoms with van der Waals surface area (Å²) in [6, 6.07) is 0. The summed E-state index contributed by atoms with van der Waals surface area (Å²) in [5.41, 5.74) is 0. The van der Waals surface area contributed by atoms with E-state index in [4.69, 9.17) is 14.2 Å². The van der Waals surface area contributed by atoms with Crippen LogP contribution >= 0.6 is 0 Å². The fraction of sp³-hybridized carbons (Fsp3) is 0.608. The summed E-state index contributed by atoms with van der Waals surface area (Å²) >= 11 is 0. The van der Waals surface area contributed by atoms with Gasteiger partial charge in [0.25, 0.3) is 0 Å². The van der Waals surface area contributed by atoms with Gasteiger partial charge >= 0.3 is 17.9 Å². The monoisotopic (exact) mass is 1100 g/mol. The number of esters is 3. The van der Waals surface area contributed by atoms with E-state index < -0.39 is 6.10 Å². The third-order valence-electron chi connectivity index (χ3n) is 13.2. The molecule has 0 fully saturated rings. The van der Waals surface area contributed by atoms with Crippen LogP contribution in [0.1, 0.15) is 271 Å². The lowest BCUT2D eigenvalue weighted by Crippen LogP contribution is -2.30. The Kier molecular flexibility index (Phi) is 62.4. The van der Waals surface area contributed by atoms with Crippen LogP contribution in [0.25, 0.3) is 0 Å². The molecule has 0 aromatic heterocycles. The first-order valence-electron chi connectivity index (χ1n) is 32.5. The fourth-order valence-corrected chi connectivity index (χ4v) is 8.36. The molecule has 6 nitrogen and oxygen atoms in total. The van der Waals surface area contributed by atoms with Gasteiger partial charge in [0, 0.05) is 19.3 Å². The zero-order valence-electron chi connectivity index (χ0n) is 51.5. The molecule has 0 amide bonds. The molecule has 0 N–H and O–H groups in total. The molecule has 0 rings (SSSR count). The second-order valence-electron chi connectivity index (χ2n) is 20.9. The second-order valence-corrected chi connectivity index (χ2v) is 20.9. The van der Waals surface area contributed by atoms with Gasteiger partial charge in [-0.05, 0) is 148 Å². The summed E-state index contributed by atoms with van der Waals surface area (Å²) < 4.78 is 16.8. The summed E-state index contributed by atoms with van der Waals surface area (Å²) in [6.07, 6.45) is 96.8. The Balaban J connectivity index is 4.32. The minimum atomic E-state index is -0.806. The van der Waals surface area contributed by atoms with Crippen LogP contribution in [0.4, 0.5) is 0 Å². The number of carbonyl (C=O) groups excluding carboxylic acids is 3. The average molecular weight is 1100 g/mol. The van der Waals surface area contributed by atoms with Crippen molar-refractivity contribution in [1.29, 1.82) is 0 Å². The van der Waals surface area contributed by atoms with Crippen LogP contribution in [0.2, 0.25) is 0 Å². The van der Waals surface area contributed by atoms with Gasteiger partial charge in [-0.1, -0.05) is 262 Å². The lowest BCUT2D eigenvalue weighted by Gasteiger charge is -2.18. The number of carbonyl (C=O) groups is 3. The Morgan fingerprint density at radius 1 is 0.263 bits per heavy atom. The lowest BCUT2D eigenvalue weighted by atomic mass is 10.1. The topological polar surface area (TPSA) is 78.9 Å².